The third kappa shape index (κ3) is 1.90. The lowest BCUT2D eigenvalue weighted by Gasteiger charge is -1.98. The fourth-order valence-corrected chi connectivity index (χ4v) is 0.957. The van der Waals surface area contributed by atoms with Crippen LogP contribution in [0.4, 0.5) is 4.39 Å². The highest BCUT2D eigenvalue weighted by molar-refractivity contribution is 5.28. The van der Waals surface area contributed by atoms with Crippen molar-refractivity contribution in [1.29, 1.82) is 0 Å². The topological polar surface area (TPSA) is 0 Å². The molecule has 11 heavy (non-hydrogen) atoms. The predicted molar refractivity (Wildman–Crippen MR) is 43.8 cm³/mol. The first-order chi connectivity index (χ1) is 5.26. The van der Waals surface area contributed by atoms with Crippen molar-refractivity contribution in [3.63, 3.8) is 0 Å². The molecule has 0 atom stereocenters. The molecule has 0 aromatic heterocycles. The van der Waals surface area contributed by atoms with Gasteiger partial charge in [-0.1, -0.05) is 19.6 Å². The third-order valence-electron chi connectivity index (χ3n) is 1.57. The zero-order valence-corrected chi connectivity index (χ0v) is 6.52. The van der Waals surface area contributed by atoms with Gasteiger partial charge in [-0.3, -0.25) is 0 Å². The van der Waals surface area contributed by atoms with E-state index in [4.69, 9.17) is 0 Å². The Balaban J connectivity index is 3.11. The smallest absolute Gasteiger partial charge is 0.124 e. The quantitative estimate of drug-likeness (QED) is 0.606. The Morgan fingerprint density at radius 1 is 1.45 bits per heavy atom. The van der Waals surface area contributed by atoms with Gasteiger partial charge in [-0.05, 0) is 35.8 Å². The molecule has 0 unspecified atom stereocenters. The van der Waals surface area contributed by atoms with Gasteiger partial charge in [0.2, 0.25) is 0 Å². The van der Waals surface area contributed by atoms with E-state index >= 15 is 0 Å². The Kier molecular flexibility index (Phi) is 2.42. The number of rotatable bonds is 2. The number of benzene rings is 1. The lowest BCUT2D eigenvalue weighted by Crippen LogP contribution is -1.85. The van der Waals surface area contributed by atoms with Crippen molar-refractivity contribution in [3.8, 4) is 0 Å². The van der Waals surface area contributed by atoms with Crippen LogP contribution >= 0.6 is 0 Å². The molecule has 1 heteroatoms. The summed E-state index contributed by atoms with van der Waals surface area (Å²) in [5.41, 5.74) is 1.71. The van der Waals surface area contributed by atoms with Crippen molar-refractivity contribution in [2.75, 3.05) is 0 Å². The van der Waals surface area contributed by atoms with Gasteiger partial charge in [-0.25, -0.2) is 4.39 Å². The maximum atomic E-state index is 12.7. The van der Waals surface area contributed by atoms with Crippen molar-refractivity contribution >= 4 is 0 Å². The predicted octanol–water partition coefficient (Wildman–Crippen LogP) is 2.73. The molecule has 0 aliphatic carbocycles. The molecule has 0 N–H and O–H groups in total. The molecule has 0 amide bonds. The molecular formula is C10H10F. The zero-order chi connectivity index (χ0) is 8.27. The van der Waals surface area contributed by atoms with Crippen LogP contribution in [0, 0.1) is 11.9 Å². The van der Waals surface area contributed by atoms with Gasteiger partial charge in [-0.2, -0.15) is 0 Å². The SMILES string of the molecule is C=[C]c1cc(F)cc(CC)c1. The zero-order valence-electron chi connectivity index (χ0n) is 6.52. The Labute approximate surface area is 66.4 Å². The molecular weight excluding hydrogens is 139 g/mol. The molecule has 0 aliphatic heterocycles. The Morgan fingerprint density at radius 3 is 2.73 bits per heavy atom. The van der Waals surface area contributed by atoms with E-state index in [1.165, 1.54) is 12.1 Å². The van der Waals surface area contributed by atoms with Crippen LogP contribution in [0.25, 0.3) is 0 Å². The fraction of sp³-hybridized carbons (Fsp3) is 0.200. The van der Waals surface area contributed by atoms with Gasteiger partial charge >= 0.3 is 0 Å². The first-order valence-corrected chi connectivity index (χ1v) is 3.59. The van der Waals surface area contributed by atoms with E-state index in [2.05, 4.69) is 12.7 Å². The van der Waals surface area contributed by atoms with E-state index in [0.717, 1.165) is 17.5 Å². The maximum absolute atomic E-state index is 12.7. The average molecular weight is 149 g/mol. The molecule has 1 aromatic carbocycles. The van der Waals surface area contributed by atoms with Crippen molar-refractivity contribution in [2.24, 2.45) is 0 Å². The van der Waals surface area contributed by atoms with E-state index in [0.29, 0.717) is 0 Å². The summed E-state index contributed by atoms with van der Waals surface area (Å²) in [5.74, 6) is -0.212. The number of hydrogen-bond acceptors (Lipinski definition) is 0. The van der Waals surface area contributed by atoms with Crippen molar-refractivity contribution in [3.05, 3.63) is 47.8 Å². The summed E-state index contributed by atoms with van der Waals surface area (Å²) in [6.45, 7) is 5.44. The largest absolute Gasteiger partial charge is 0.207 e. The molecule has 0 fully saturated rings. The summed E-state index contributed by atoms with van der Waals surface area (Å²) in [4.78, 5) is 0. The van der Waals surface area contributed by atoms with Gasteiger partial charge in [0.25, 0.3) is 0 Å². The summed E-state index contributed by atoms with van der Waals surface area (Å²) in [6.07, 6.45) is 3.49. The standard InChI is InChI=1S/C10H10F/c1-3-8-5-9(4-2)7-10(11)6-8/h5-7H,1,4H2,2H3. The lowest BCUT2D eigenvalue weighted by molar-refractivity contribution is 0.625. The molecule has 57 valence electrons. The van der Waals surface area contributed by atoms with Crippen LogP contribution in [0.15, 0.2) is 24.8 Å². The van der Waals surface area contributed by atoms with Gasteiger partial charge in [0.05, 0.1) is 0 Å². The molecule has 0 aliphatic rings. The normalized spacial score (nSPS) is 9.64. The van der Waals surface area contributed by atoms with Crippen LogP contribution < -0.4 is 0 Å². The molecule has 1 aromatic rings. The molecule has 0 spiro atoms. The second-order valence-electron chi connectivity index (χ2n) is 2.38. The molecule has 0 nitrogen and oxygen atoms in total. The van der Waals surface area contributed by atoms with E-state index in [1.807, 2.05) is 13.0 Å². The van der Waals surface area contributed by atoms with Gasteiger partial charge in [0, 0.05) is 0 Å². The number of hydrogen-bond donors (Lipinski definition) is 0. The summed E-state index contributed by atoms with van der Waals surface area (Å²) in [6, 6.07) is 4.84. The highest BCUT2D eigenvalue weighted by Crippen LogP contribution is 2.09. The number of aryl methyl sites for hydroxylation is 1. The minimum absolute atomic E-state index is 0.212. The van der Waals surface area contributed by atoms with Gasteiger partial charge < -0.3 is 0 Å². The monoisotopic (exact) mass is 149 g/mol. The second-order valence-corrected chi connectivity index (χ2v) is 2.38. The van der Waals surface area contributed by atoms with E-state index in [-0.39, 0.29) is 5.82 Å². The van der Waals surface area contributed by atoms with Crippen molar-refractivity contribution in [1.82, 2.24) is 0 Å². The summed E-state index contributed by atoms with van der Waals surface area (Å²) in [5, 5.41) is 0. The minimum Gasteiger partial charge on any atom is -0.207 e. The van der Waals surface area contributed by atoms with Crippen LogP contribution in [0.3, 0.4) is 0 Å². The first-order valence-electron chi connectivity index (χ1n) is 3.59. The van der Waals surface area contributed by atoms with Crippen LogP contribution in [-0.2, 0) is 6.42 Å². The van der Waals surface area contributed by atoms with Crippen LogP contribution in [0.1, 0.15) is 18.1 Å². The Bertz CT molecular complexity index is 264. The number of halogens is 1. The highest BCUT2D eigenvalue weighted by atomic mass is 19.1. The van der Waals surface area contributed by atoms with Gasteiger partial charge in [-0.15, -0.1) is 0 Å². The molecule has 0 heterocycles. The van der Waals surface area contributed by atoms with Crippen LogP contribution in [0.5, 0.6) is 0 Å². The Hall–Kier alpha value is -1.11. The first kappa shape index (κ1) is 7.99. The molecule has 0 bridgehead atoms. The molecule has 1 rings (SSSR count). The fourth-order valence-electron chi connectivity index (χ4n) is 0.957. The minimum atomic E-state index is -0.212. The van der Waals surface area contributed by atoms with E-state index < -0.39 is 0 Å². The Morgan fingerprint density at radius 2 is 2.18 bits per heavy atom. The van der Waals surface area contributed by atoms with Crippen molar-refractivity contribution < 1.29 is 4.39 Å². The van der Waals surface area contributed by atoms with E-state index in [1.54, 1.807) is 0 Å². The van der Waals surface area contributed by atoms with Crippen LogP contribution in [-0.4, -0.2) is 0 Å². The summed E-state index contributed by atoms with van der Waals surface area (Å²) in [7, 11) is 0. The van der Waals surface area contributed by atoms with Crippen molar-refractivity contribution in [2.45, 2.75) is 13.3 Å². The van der Waals surface area contributed by atoms with Gasteiger partial charge in [0.1, 0.15) is 5.82 Å². The second kappa shape index (κ2) is 3.33. The van der Waals surface area contributed by atoms with E-state index in [9.17, 15) is 4.39 Å². The average Bonchev–Trinajstić information content (AvgIpc) is 2.03. The summed E-state index contributed by atoms with van der Waals surface area (Å²) >= 11 is 0. The maximum Gasteiger partial charge on any atom is 0.124 e. The third-order valence-corrected chi connectivity index (χ3v) is 1.57. The van der Waals surface area contributed by atoms with Crippen LogP contribution in [0.2, 0.25) is 0 Å². The lowest BCUT2D eigenvalue weighted by atomic mass is 10.1. The van der Waals surface area contributed by atoms with Gasteiger partial charge in [0.15, 0.2) is 0 Å². The summed E-state index contributed by atoms with van der Waals surface area (Å²) < 4.78 is 12.7. The molecule has 0 saturated carbocycles. The molecule has 0 saturated heterocycles. The highest BCUT2D eigenvalue weighted by Gasteiger charge is 1.95. The molecule has 1 radical (unpaired) electrons.